The van der Waals surface area contributed by atoms with Crippen LogP contribution in [0.4, 0.5) is 0 Å². The number of nitrogens with zero attached hydrogens (tertiary/aromatic N) is 1. The van der Waals surface area contributed by atoms with Crippen molar-refractivity contribution in [2.75, 3.05) is 20.3 Å². The first-order valence-electron chi connectivity index (χ1n) is 8.29. The van der Waals surface area contributed by atoms with Crippen LogP contribution in [0.3, 0.4) is 0 Å². The van der Waals surface area contributed by atoms with Crippen molar-refractivity contribution < 1.29 is 14.2 Å². The molecule has 0 atom stereocenters. The fraction of sp³-hybridized carbons (Fsp3) is 0.190. The molecule has 5 heteroatoms. The molecule has 0 aliphatic heterocycles. The van der Waals surface area contributed by atoms with Gasteiger partial charge in [0.1, 0.15) is 24.5 Å². The number of fused-ring (bicyclic) bond motifs is 1. The number of hydrogen-bond acceptors (Lipinski definition) is 4. The van der Waals surface area contributed by atoms with E-state index >= 15 is 0 Å². The molecule has 0 aliphatic rings. The van der Waals surface area contributed by atoms with Crippen LogP contribution in [-0.2, 0) is 6.42 Å². The van der Waals surface area contributed by atoms with Gasteiger partial charge in [-0.15, -0.1) is 6.58 Å². The summed E-state index contributed by atoms with van der Waals surface area (Å²) in [4.78, 5) is 4.36. The average Bonchev–Trinajstić information content (AvgIpc) is 2.68. The van der Waals surface area contributed by atoms with E-state index in [0.29, 0.717) is 35.5 Å². The predicted molar refractivity (Wildman–Crippen MR) is 105 cm³/mol. The zero-order valence-electron chi connectivity index (χ0n) is 14.6. The van der Waals surface area contributed by atoms with Crippen molar-refractivity contribution in [1.29, 1.82) is 0 Å². The largest absolute Gasteiger partial charge is 0.493 e. The highest BCUT2D eigenvalue weighted by atomic mass is 35.5. The molecule has 0 aliphatic carbocycles. The molecule has 0 unspecified atom stereocenters. The van der Waals surface area contributed by atoms with Crippen LogP contribution in [-0.4, -0.2) is 25.3 Å². The summed E-state index contributed by atoms with van der Waals surface area (Å²) >= 11 is 6.20. The van der Waals surface area contributed by atoms with Gasteiger partial charge in [-0.3, -0.25) is 4.98 Å². The van der Waals surface area contributed by atoms with E-state index in [0.717, 1.165) is 22.9 Å². The fourth-order valence-electron chi connectivity index (χ4n) is 2.66. The Morgan fingerprint density at radius 3 is 2.58 bits per heavy atom. The van der Waals surface area contributed by atoms with Crippen molar-refractivity contribution in [1.82, 2.24) is 4.98 Å². The second kappa shape index (κ2) is 8.59. The molecular weight excluding hydrogens is 350 g/mol. The topological polar surface area (TPSA) is 40.6 Å². The maximum atomic E-state index is 6.20. The quantitative estimate of drug-likeness (QED) is 0.410. The lowest BCUT2D eigenvalue weighted by Crippen LogP contribution is -2.10. The van der Waals surface area contributed by atoms with Crippen molar-refractivity contribution in [2.24, 2.45) is 0 Å². The number of aromatic nitrogens is 1. The summed E-state index contributed by atoms with van der Waals surface area (Å²) in [5.74, 6) is 2.06. The van der Waals surface area contributed by atoms with Crippen molar-refractivity contribution in [3.05, 3.63) is 71.9 Å². The lowest BCUT2D eigenvalue weighted by molar-refractivity contribution is 0.212. The van der Waals surface area contributed by atoms with Crippen LogP contribution in [0.1, 0.15) is 5.56 Å². The minimum atomic E-state index is 0.380. The van der Waals surface area contributed by atoms with E-state index in [2.05, 4.69) is 11.6 Å². The van der Waals surface area contributed by atoms with E-state index in [1.165, 1.54) is 0 Å². The Morgan fingerprint density at radius 2 is 1.81 bits per heavy atom. The van der Waals surface area contributed by atoms with E-state index in [9.17, 15) is 0 Å². The van der Waals surface area contributed by atoms with Gasteiger partial charge in [-0.1, -0.05) is 23.7 Å². The lowest BCUT2D eigenvalue weighted by Gasteiger charge is -2.13. The summed E-state index contributed by atoms with van der Waals surface area (Å²) in [6.07, 6.45) is 4.36. The molecule has 0 N–H and O–H groups in total. The third-order valence-corrected chi connectivity index (χ3v) is 4.22. The van der Waals surface area contributed by atoms with Crippen LogP contribution in [0.25, 0.3) is 10.9 Å². The zero-order valence-corrected chi connectivity index (χ0v) is 15.3. The van der Waals surface area contributed by atoms with Gasteiger partial charge in [0.05, 0.1) is 12.1 Å². The third kappa shape index (κ3) is 4.09. The van der Waals surface area contributed by atoms with E-state index in [-0.39, 0.29) is 0 Å². The normalized spacial score (nSPS) is 10.5. The maximum absolute atomic E-state index is 6.20. The molecule has 0 spiro atoms. The molecule has 0 radical (unpaired) electrons. The molecule has 0 saturated carbocycles. The second-order valence-corrected chi connectivity index (χ2v) is 6.03. The summed E-state index contributed by atoms with van der Waals surface area (Å²) in [5.41, 5.74) is 1.87. The molecule has 4 nitrogen and oxygen atoms in total. The van der Waals surface area contributed by atoms with Crippen molar-refractivity contribution in [3.63, 3.8) is 0 Å². The summed E-state index contributed by atoms with van der Waals surface area (Å²) < 4.78 is 17.0. The number of benzene rings is 2. The van der Waals surface area contributed by atoms with Crippen LogP contribution in [0.2, 0.25) is 5.02 Å². The zero-order chi connectivity index (χ0) is 18.4. The Kier molecular flexibility index (Phi) is 5.97. The van der Waals surface area contributed by atoms with Crippen molar-refractivity contribution in [3.8, 4) is 17.2 Å². The van der Waals surface area contributed by atoms with Gasteiger partial charge in [-0.05, 0) is 48.4 Å². The van der Waals surface area contributed by atoms with Crippen LogP contribution >= 0.6 is 11.6 Å². The van der Waals surface area contributed by atoms with Crippen LogP contribution in [0, 0.1) is 0 Å². The van der Waals surface area contributed by atoms with Gasteiger partial charge in [0.2, 0.25) is 0 Å². The van der Waals surface area contributed by atoms with Crippen LogP contribution in [0.5, 0.6) is 17.2 Å². The molecule has 26 heavy (non-hydrogen) atoms. The van der Waals surface area contributed by atoms with Gasteiger partial charge in [0, 0.05) is 11.6 Å². The van der Waals surface area contributed by atoms with E-state index in [1.54, 1.807) is 13.3 Å². The molecule has 0 bridgehead atoms. The molecule has 3 aromatic rings. The number of halogens is 1. The lowest BCUT2D eigenvalue weighted by atomic mass is 10.1. The molecule has 3 rings (SSSR count). The van der Waals surface area contributed by atoms with Crippen molar-refractivity contribution in [2.45, 2.75) is 6.42 Å². The van der Waals surface area contributed by atoms with E-state index in [1.807, 2.05) is 48.5 Å². The number of ether oxygens (including phenoxy) is 3. The summed E-state index contributed by atoms with van der Waals surface area (Å²) in [7, 11) is 1.63. The molecular formula is C21H20ClNO3. The SMILES string of the molecule is C=CCc1ccc(OCCOc2ccc(Cl)c3cccnc23)c(OC)c1. The standard InChI is InChI=1S/C21H20ClNO3/c1-3-5-15-7-9-18(20(14-15)24-2)25-12-13-26-19-10-8-17(22)16-6-4-11-23-21(16)19/h3-4,6-11,14H,1,5,12-13H2,2H3. The molecule has 134 valence electrons. The highest BCUT2D eigenvalue weighted by Gasteiger charge is 2.08. The predicted octanol–water partition coefficient (Wildman–Crippen LogP) is 5.08. The van der Waals surface area contributed by atoms with E-state index < -0.39 is 0 Å². The average molecular weight is 370 g/mol. The Hall–Kier alpha value is -2.72. The molecule has 1 heterocycles. The fourth-order valence-corrected chi connectivity index (χ4v) is 2.87. The van der Waals surface area contributed by atoms with Gasteiger partial charge >= 0.3 is 0 Å². The maximum Gasteiger partial charge on any atom is 0.161 e. The second-order valence-electron chi connectivity index (χ2n) is 5.62. The van der Waals surface area contributed by atoms with Crippen molar-refractivity contribution >= 4 is 22.5 Å². The van der Waals surface area contributed by atoms with Gasteiger partial charge in [0.15, 0.2) is 11.5 Å². The molecule has 2 aromatic carbocycles. The minimum absolute atomic E-state index is 0.380. The van der Waals surface area contributed by atoms with Crippen LogP contribution in [0.15, 0.2) is 61.3 Å². The molecule has 0 saturated heterocycles. The molecule has 0 amide bonds. The van der Waals surface area contributed by atoms with Gasteiger partial charge in [-0.2, -0.15) is 0 Å². The first-order valence-corrected chi connectivity index (χ1v) is 8.67. The molecule has 1 aromatic heterocycles. The Bertz CT molecular complexity index is 911. The van der Waals surface area contributed by atoms with E-state index in [4.69, 9.17) is 25.8 Å². The number of rotatable bonds is 8. The number of pyridine rings is 1. The summed E-state index contributed by atoms with van der Waals surface area (Å²) in [6.45, 7) is 4.51. The first-order chi connectivity index (χ1) is 12.7. The number of hydrogen-bond donors (Lipinski definition) is 0. The Labute approximate surface area is 158 Å². The van der Waals surface area contributed by atoms with Crippen LogP contribution < -0.4 is 14.2 Å². The van der Waals surface area contributed by atoms with Gasteiger partial charge in [-0.25, -0.2) is 0 Å². The highest BCUT2D eigenvalue weighted by Crippen LogP contribution is 2.30. The third-order valence-electron chi connectivity index (χ3n) is 3.89. The number of allylic oxidation sites excluding steroid dienone is 1. The number of methoxy groups -OCH3 is 1. The summed E-state index contributed by atoms with van der Waals surface area (Å²) in [6, 6.07) is 13.3. The monoisotopic (exact) mass is 369 g/mol. The Balaban J connectivity index is 1.63. The molecule has 0 fully saturated rings. The van der Waals surface area contributed by atoms with Gasteiger partial charge < -0.3 is 14.2 Å². The summed E-state index contributed by atoms with van der Waals surface area (Å²) in [5, 5.41) is 1.52. The first kappa shape index (κ1) is 18.1. The van der Waals surface area contributed by atoms with Gasteiger partial charge in [0.25, 0.3) is 0 Å². The Morgan fingerprint density at radius 1 is 1.04 bits per heavy atom. The highest BCUT2D eigenvalue weighted by molar-refractivity contribution is 6.35. The minimum Gasteiger partial charge on any atom is -0.493 e. The smallest absolute Gasteiger partial charge is 0.161 e.